The normalized spacial score (nSPS) is 10.8. The topological polar surface area (TPSA) is 68.9 Å². The van der Waals surface area contributed by atoms with E-state index in [2.05, 4.69) is 9.97 Å². The molecule has 4 nitrogen and oxygen atoms in total. The predicted molar refractivity (Wildman–Crippen MR) is 83.0 cm³/mol. The zero-order chi connectivity index (χ0) is 15.0. The van der Waals surface area contributed by atoms with E-state index < -0.39 is 5.91 Å². The molecule has 0 aliphatic heterocycles. The Morgan fingerprint density at radius 3 is 2.71 bits per heavy atom. The SMILES string of the molecule is Cc1cnc(C)c(C(N)=O)c1-c1ccc2ncccc2c1. The van der Waals surface area contributed by atoms with Crippen molar-refractivity contribution in [3.05, 3.63) is 59.5 Å². The van der Waals surface area contributed by atoms with E-state index in [0.717, 1.165) is 27.6 Å². The van der Waals surface area contributed by atoms with Crippen LogP contribution in [0.3, 0.4) is 0 Å². The highest BCUT2D eigenvalue weighted by atomic mass is 16.1. The van der Waals surface area contributed by atoms with Gasteiger partial charge in [-0.2, -0.15) is 0 Å². The summed E-state index contributed by atoms with van der Waals surface area (Å²) in [6.07, 6.45) is 3.53. The van der Waals surface area contributed by atoms with Crippen LogP contribution >= 0.6 is 0 Å². The number of hydrogen-bond donors (Lipinski definition) is 1. The molecule has 0 saturated carbocycles. The van der Waals surface area contributed by atoms with Crippen molar-refractivity contribution in [2.24, 2.45) is 5.73 Å². The monoisotopic (exact) mass is 277 g/mol. The van der Waals surface area contributed by atoms with E-state index in [1.807, 2.05) is 37.3 Å². The Hall–Kier alpha value is -2.75. The van der Waals surface area contributed by atoms with Crippen LogP contribution in [0.4, 0.5) is 0 Å². The maximum atomic E-state index is 11.8. The number of aromatic nitrogens is 2. The first kappa shape index (κ1) is 13.2. The molecule has 0 aliphatic rings. The van der Waals surface area contributed by atoms with E-state index in [-0.39, 0.29) is 0 Å². The average Bonchev–Trinajstić information content (AvgIpc) is 2.48. The van der Waals surface area contributed by atoms with Crippen LogP contribution < -0.4 is 5.73 Å². The van der Waals surface area contributed by atoms with Crippen LogP contribution in [0.15, 0.2) is 42.7 Å². The molecule has 2 aromatic heterocycles. The van der Waals surface area contributed by atoms with E-state index in [9.17, 15) is 4.79 Å². The van der Waals surface area contributed by atoms with Gasteiger partial charge in [0.25, 0.3) is 5.91 Å². The molecule has 0 unspecified atom stereocenters. The van der Waals surface area contributed by atoms with Crippen LogP contribution in [0, 0.1) is 13.8 Å². The highest BCUT2D eigenvalue weighted by Gasteiger charge is 2.16. The van der Waals surface area contributed by atoms with Gasteiger partial charge in [-0.15, -0.1) is 0 Å². The van der Waals surface area contributed by atoms with Crippen molar-refractivity contribution >= 4 is 16.8 Å². The predicted octanol–water partition coefficient (Wildman–Crippen LogP) is 3.01. The minimum Gasteiger partial charge on any atom is -0.366 e. The van der Waals surface area contributed by atoms with Crippen molar-refractivity contribution in [3.63, 3.8) is 0 Å². The lowest BCUT2D eigenvalue weighted by molar-refractivity contribution is 0.1000. The first-order valence-corrected chi connectivity index (χ1v) is 6.69. The summed E-state index contributed by atoms with van der Waals surface area (Å²) < 4.78 is 0. The number of amides is 1. The first-order chi connectivity index (χ1) is 10.1. The molecule has 2 N–H and O–H groups in total. The van der Waals surface area contributed by atoms with Crippen LogP contribution in [0.1, 0.15) is 21.6 Å². The van der Waals surface area contributed by atoms with Gasteiger partial charge in [-0.05, 0) is 43.2 Å². The van der Waals surface area contributed by atoms with Gasteiger partial charge in [0.15, 0.2) is 0 Å². The van der Waals surface area contributed by atoms with Crippen molar-refractivity contribution in [1.82, 2.24) is 9.97 Å². The molecule has 0 fully saturated rings. The smallest absolute Gasteiger partial charge is 0.251 e. The molecular formula is C17H15N3O. The number of benzene rings is 1. The molecule has 0 spiro atoms. The average molecular weight is 277 g/mol. The van der Waals surface area contributed by atoms with Gasteiger partial charge in [0.2, 0.25) is 0 Å². The number of carbonyl (C=O) groups excluding carboxylic acids is 1. The fraction of sp³-hybridized carbons (Fsp3) is 0.118. The number of rotatable bonds is 2. The molecule has 0 saturated heterocycles. The van der Waals surface area contributed by atoms with Crippen LogP contribution in [0.5, 0.6) is 0 Å². The van der Waals surface area contributed by atoms with Crippen LogP contribution in [-0.2, 0) is 0 Å². The highest BCUT2D eigenvalue weighted by molar-refractivity contribution is 6.02. The van der Waals surface area contributed by atoms with E-state index in [4.69, 9.17) is 5.73 Å². The zero-order valence-electron chi connectivity index (χ0n) is 11.9. The third kappa shape index (κ3) is 2.25. The lowest BCUT2D eigenvalue weighted by Gasteiger charge is -2.13. The Balaban J connectivity index is 2.32. The summed E-state index contributed by atoms with van der Waals surface area (Å²) in [6.45, 7) is 3.73. The Morgan fingerprint density at radius 1 is 1.14 bits per heavy atom. The molecule has 2 heterocycles. The van der Waals surface area contributed by atoms with Gasteiger partial charge in [0, 0.05) is 23.3 Å². The fourth-order valence-electron chi connectivity index (χ4n) is 2.61. The molecule has 0 bridgehead atoms. The van der Waals surface area contributed by atoms with Gasteiger partial charge in [-0.25, -0.2) is 0 Å². The zero-order valence-corrected chi connectivity index (χ0v) is 11.9. The van der Waals surface area contributed by atoms with Gasteiger partial charge in [-0.3, -0.25) is 14.8 Å². The molecule has 1 amide bonds. The molecule has 4 heteroatoms. The molecule has 0 atom stereocenters. The summed E-state index contributed by atoms with van der Waals surface area (Å²) in [4.78, 5) is 20.3. The second-order valence-corrected chi connectivity index (χ2v) is 5.05. The fourth-order valence-corrected chi connectivity index (χ4v) is 2.61. The molecule has 0 aliphatic carbocycles. The Kier molecular flexibility index (Phi) is 3.14. The van der Waals surface area contributed by atoms with Crippen molar-refractivity contribution < 1.29 is 4.79 Å². The maximum absolute atomic E-state index is 11.8. The number of aryl methyl sites for hydroxylation is 2. The molecule has 3 aromatic rings. The molecule has 104 valence electrons. The summed E-state index contributed by atoms with van der Waals surface area (Å²) in [5.74, 6) is -0.454. The first-order valence-electron chi connectivity index (χ1n) is 6.69. The number of primary amides is 1. The molecule has 0 radical (unpaired) electrons. The molecule has 21 heavy (non-hydrogen) atoms. The largest absolute Gasteiger partial charge is 0.366 e. The van der Waals surface area contributed by atoms with Gasteiger partial charge >= 0.3 is 0 Å². The Bertz CT molecular complexity index is 856. The standard InChI is InChI=1S/C17H15N3O/c1-10-9-20-11(2)16(17(18)21)15(10)13-5-6-14-12(8-13)4-3-7-19-14/h3-9H,1-2H3,(H2,18,21). The number of hydrogen-bond acceptors (Lipinski definition) is 3. The minimum absolute atomic E-state index is 0.454. The number of nitrogens with two attached hydrogens (primary N) is 1. The van der Waals surface area contributed by atoms with E-state index >= 15 is 0 Å². The maximum Gasteiger partial charge on any atom is 0.251 e. The quantitative estimate of drug-likeness (QED) is 0.782. The lowest BCUT2D eigenvalue weighted by atomic mass is 9.94. The van der Waals surface area contributed by atoms with Crippen molar-refractivity contribution in [3.8, 4) is 11.1 Å². The lowest BCUT2D eigenvalue weighted by Crippen LogP contribution is -2.16. The minimum atomic E-state index is -0.454. The number of carbonyl (C=O) groups is 1. The molecular weight excluding hydrogens is 262 g/mol. The second-order valence-electron chi connectivity index (χ2n) is 5.05. The molecule has 1 aromatic carbocycles. The van der Waals surface area contributed by atoms with Crippen molar-refractivity contribution in [2.45, 2.75) is 13.8 Å². The van der Waals surface area contributed by atoms with Gasteiger partial charge in [0.05, 0.1) is 16.8 Å². The van der Waals surface area contributed by atoms with Gasteiger partial charge < -0.3 is 5.73 Å². The van der Waals surface area contributed by atoms with Crippen LogP contribution in [0.25, 0.3) is 22.0 Å². The highest BCUT2D eigenvalue weighted by Crippen LogP contribution is 2.30. The summed E-state index contributed by atoms with van der Waals surface area (Å²) in [7, 11) is 0. The second kappa shape index (κ2) is 4.98. The number of nitrogens with zero attached hydrogens (tertiary/aromatic N) is 2. The summed E-state index contributed by atoms with van der Waals surface area (Å²) in [5, 5.41) is 1.03. The third-order valence-electron chi connectivity index (χ3n) is 3.60. The number of pyridine rings is 2. The summed E-state index contributed by atoms with van der Waals surface area (Å²) >= 11 is 0. The molecule has 3 rings (SSSR count). The Labute approximate surface area is 122 Å². The van der Waals surface area contributed by atoms with E-state index in [1.54, 1.807) is 19.3 Å². The summed E-state index contributed by atoms with van der Waals surface area (Å²) in [5.41, 5.74) is 10.3. The third-order valence-corrected chi connectivity index (χ3v) is 3.60. The van der Waals surface area contributed by atoms with Crippen LogP contribution in [-0.4, -0.2) is 15.9 Å². The summed E-state index contributed by atoms with van der Waals surface area (Å²) in [6, 6.07) is 9.83. The number of fused-ring (bicyclic) bond motifs is 1. The van der Waals surface area contributed by atoms with Gasteiger partial charge in [-0.1, -0.05) is 12.1 Å². The van der Waals surface area contributed by atoms with E-state index in [1.165, 1.54) is 0 Å². The van der Waals surface area contributed by atoms with Crippen molar-refractivity contribution in [1.29, 1.82) is 0 Å². The van der Waals surface area contributed by atoms with Gasteiger partial charge in [0.1, 0.15) is 0 Å². The van der Waals surface area contributed by atoms with Crippen LogP contribution in [0.2, 0.25) is 0 Å². The van der Waals surface area contributed by atoms with E-state index in [0.29, 0.717) is 11.3 Å². The van der Waals surface area contributed by atoms with Crippen molar-refractivity contribution in [2.75, 3.05) is 0 Å². The Morgan fingerprint density at radius 2 is 1.95 bits per heavy atom.